The number of hydrogen-bond acceptors (Lipinski definition) is 2. The molecule has 3 heterocycles. The first-order chi connectivity index (χ1) is 6.37. The van der Waals surface area contributed by atoms with E-state index in [0.29, 0.717) is 5.54 Å². The van der Waals surface area contributed by atoms with Gasteiger partial charge in [-0.1, -0.05) is 30.3 Å². The summed E-state index contributed by atoms with van der Waals surface area (Å²) in [6.45, 7) is 3.43. The van der Waals surface area contributed by atoms with E-state index >= 15 is 0 Å². The average Bonchev–Trinajstić information content (AvgIpc) is 2.96. The van der Waals surface area contributed by atoms with Crippen LogP contribution < -0.4 is 0 Å². The summed E-state index contributed by atoms with van der Waals surface area (Å²) in [6, 6.07) is 10.6. The largest absolute Gasteiger partial charge is 0.362 e. The lowest BCUT2D eigenvalue weighted by atomic mass is 9.89. The van der Waals surface area contributed by atoms with Crippen LogP contribution in [0.2, 0.25) is 0 Å². The highest BCUT2D eigenvalue weighted by atomic mass is 16.6. The molecule has 1 unspecified atom stereocenters. The first kappa shape index (κ1) is 6.57. The van der Waals surface area contributed by atoms with Crippen molar-refractivity contribution in [3.63, 3.8) is 0 Å². The van der Waals surface area contributed by atoms with Crippen molar-refractivity contribution in [3.05, 3.63) is 35.9 Å². The normalized spacial score (nSPS) is 49.7. The topological polar surface area (TPSA) is 15.5 Å². The maximum atomic E-state index is 5.71. The van der Waals surface area contributed by atoms with Crippen molar-refractivity contribution in [1.29, 1.82) is 0 Å². The van der Waals surface area contributed by atoms with E-state index < -0.39 is 0 Å². The van der Waals surface area contributed by atoms with Crippen molar-refractivity contribution < 1.29 is 4.74 Å². The second-order valence-corrected chi connectivity index (χ2v) is 4.37. The Bertz CT molecular complexity index is 363. The number of fused-ring (bicyclic) bond motifs is 1. The standard InChI is InChI=1S/C11H11NO/c1-2-4-9(5-3-1)11(8-13-11)10-6-12(10)7-10/h1-5H,6-8H2. The van der Waals surface area contributed by atoms with Crippen LogP contribution in [0.15, 0.2) is 30.3 Å². The van der Waals surface area contributed by atoms with Gasteiger partial charge in [-0.2, -0.15) is 0 Å². The number of epoxide rings is 1. The second-order valence-electron chi connectivity index (χ2n) is 4.37. The Hall–Kier alpha value is -0.860. The molecule has 1 aromatic carbocycles. The van der Waals surface area contributed by atoms with E-state index in [1.54, 1.807) is 0 Å². The van der Waals surface area contributed by atoms with Gasteiger partial charge in [-0.3, -0.25) is 4.90 Å². The monoisotopic (exact) mass is 173 g/mol. The molecule has 0 aliphatic carbocycles. The van der Waals surface area contributed by atoms with E-state index in [0.717, 1.165) is 6.61 Å². The Morgan fingerprint density at radius 3 is 2.23 bits per heavy atom. The fraction of sp³-hybridized carbons (Fsp3) is 0.455. The maximum Gasteiger partial charge on any atom is 0.137 e. The summed E-state index contributed by atoms with van der Waals surface area (Å²) < 4.78 is 5.71. The fourth-order valence-electron chi connectivity index (χ4n) is 2.51. The number of benzene rings is 1. The molecule has 2 nitrogen and oxygen atoms in total. The molecule has 3 saturated heterocycles. The molecule has 1 atom stereocenters. The molecule has 0 N–H and O–H groups in total. The summed E-state index contributed by atoms with van der Waals surface area (Å²) in [5, 5.41) is 0. The Labute approximate surface area is 77.1 Å². The first-order valence-electron chi connectivity index (χ1n) is 4.82. The Morgan fingerprint density at radius 2 is 1.77 bits per heavy atom. The average molecular weight is 173 g/mol. The van der Waals surface area contributed by atoms with Gasteiger partial charge in [0.15, 0.2) is 0 Å². The molecular formula is C11H11NO. The Balaban J connectivity index is 1.81. The quantitative estimate of drug-likeness (QED) is 0.619. The highest BCUT2D eigenvalue weighted by Gasteiger charge is 2.83. The van der Waals surface area contributed by atoms with Gasteiger partial charge in [-0.15, -0.1) is 0 Å². The van der Waals surface area contributed by atoms with Crippen molar-refractivity contribution in [2.24, 2.45) is 0 Å². The van der Waals surface area contributed by atoms with Crippen LogP contribution in [0.3, 0.4) is 0 Å². The van der Waals surface area contributed by atoms with Crippen LogP contribution in [0, 0.1) is 0 Å². The lowest BCUT2D eigenvalue weighted by molar-refractivity contribution is 0.285. The molecule has 2 heteroatoms. The summed E-state index contributed by atoms with van der Waals surface area (Å²) in [5.41, 5.74) is 1.90. The van der Waals surface area contributed by atoms with Gasteiger partial charge in [0.2, 0.25) is 0 Å². The van der Waals surface area contributed by atoms with Crippen molar-refractivity contribution >= 4 is 0 Å². The predicted octanol–water partition coefficient (Wildman–Crippen LogP) is 0.980. The second kappa shape index (κ2) is 1.68. The van der Waals surface area contributed by atoms with Gasteiger partial charge in [-0.05, 0) is 5.56 Å². The molecular weight excluding hydrogens is 162 g/mol. The van der Waals surface area contributed by atoms with Gasteiger partial charge in [0.1, 0.15) is 5.60 Å². The summed E-state index contributed by atoms with van der Waals surface area (Å²) in [4.78, 5) is 2.48. The van der Waals surface area contributed by atoms with E-state index in [4.69, 9.17) is 4.74 Å². The fourth-order valence-corrected chi connectivity index (χ4v) is 2.51. The van der Waals surface area contributed by atoms with Crippen LogP contribution in [0.5, 0.6) is 0 Å². The lowest BCUT2D eigenvalue weighted by Gasteiger charge is -2.12. The number of nitrogens with zero attached hydrogens (tertiary/aromatic N) is 1. The number of rotatable bonds is 2. The highest BCUT2D eigenvalue weighted by Crippen LogP contribution is 2.66. The zero-order valence-electron chi connectivity index (χ0n) is 7.36. The van der Waals surface area contributed by atoms with Gasteiger partial charge in [-0.25, -0.2) is 0 Å². The van der Waals surface area contributed by atoms with Crippen LogP contribution >= 0.6 is 0 Å². The van der Waals surface area contributed by atoms with Gasteiger partial charge < -0.3 is 4.74 Å². The number of hydrogen-bond donors (Lipinski definition) is 0. The van der Waals surface area contributed by atoms with Crippen LogP contribution in [-0.4, -0.2) is 30.1 Å². The minimum absolute atomic E-state index is 0.0915. The summed E-state index contributed by atoms with van der Waals surface area (Å²) in [6.07, 6.45) is 0. The molecule has 3 aliphatic heterocycles. The molecule has 0 amide bonds. The minimum atomic E-state index is 0.0915. The van der Waals surface area contributed by atoms with E-state index in [2.05, 4.69) is 35.2 Å². The molecule has 0 aromatic heterocycles. The van der Waals surface area contributed by atoms with Crippen LogP contribution in [0.25, 0.3) is 0 Å². The molecule has 3 aliphatic rings. The van der Waals surface area contributed by atoms with E-state index in [9.17, 15) is 0 Å². The third kappa shape index (κ3) is 0.607. The molecule has 0 spiro atoms. The third-order valence-corrected chi connectivity index (χ3v) is 3.73. The predicted molar refractivity (Wildman–Crippen MR) is 48.4 cm³/mol. The lowest BCUT2D eigenvalue weighted by Crippen LogP contribution is -2.25. The first-order valence-corrected chi connectivity index (χ1v) is 4.82. The molecule has 3 fully saturated rings. The minimum Gasteiger partial charge on any atom is -0.362 e. The van der Waals surface area contributed by atoms with Gasteiger partial charge >= 0.3 is 0 Å². The highest BCUT2D eigenvalue weighted by molar-refractivity contribution is 5.45. The van der Waals surface area contributed by atoms with Crippen LogP contribution in [0.1, 0.15) is 5.56 Å². The molecule has 0 radical (unpaired) electrons. The molecule has 1 aromatic rings. The third-order valence-electron chi connectivity index (χ3n) is 3.73. The van der Waals surface area contributed by atoms with Crippen molar-refractivity contribution in [2.75, 3.05) is 19.7 Å². The molecule has 66 valence electrons. The van der Waals surface area contributed by atoms with Crippen molar-refractivity contribution in [3.8, 4) is 0 Å². The van der Waals surface area contributed by atoms with Gasteiger partial charge in [0.25, 0.3) is 0 Å². The Kier molecular flexibility index (Phi) is 0.848. The summed E-state index contributed by atoms with van der Waals surface area (Å²) >= 11 is 0. The summed E-state index contributed by atoms with van der Waals surface area (Å²) in [5.74, 6) is 0. The number of ether oxygens (including phenoxy) is 1. The molecule has 4 rings (SSSR count). The van der Waals surface area contributed by atoms with E-state index in [1.807, 2.05) is 0 Å². The smallest absolute Gasteiger partial charge is 0.137 e. The Morgan fingerprint density at radius 1 is 1.15 bits per heavy atom. The van der Waals surface area contributed by atoms with Gasteiger partial charge in [0.05, 0.1) is 12.1 Å². The molecule has 0 saturated carbocycles. The van der Waals surface area contributed by atoms with E-state index in [-0.39, 0.29) is 5.60 Å². The van der Waals surface area contributed by atoms with Crippen LogP contribution in [-0.2, 0) is 10.3 Å². The van der Waals surface area contributed by atoms with Crippen LogP contribution in [0.4, 0.5) is 0 Å². The zero-order valence-corrected chi connectivity index (χ0v) is 7.36. The maximum absolute atomic E-state index is 5.71. The molecule has 13 heavy (non-hydrogen) atoms. The van der Waals surface area contributed by atoms with Crippen molar-refractivity contribution in [1.82, 2.24) is 4.90 Å². The van der Waals surface area contributed by atoms with Crippen molar-refractivity contribution in [2.45, 2.75) is 11.1 Å². The summed E-state index contributed by atoms with van der Waals surface area (Å²) in [7, 11) is 0. The van der Waals surface area contributed by atoms with E-state index in [1.165, 1.54) is 18.7 Å². The molecule has 0 bridgehead atoms. The zero-order chi connectivity index (χ0) is 8.52. The van der Waals surface area contributed by atoms with Gasteiger partial charge in [0, 0.05) is 13.1 Å². The SMILES string of the molecule is c1ccc(C2(C34CN3C4)CO2)cc1.